The number of rotatable bonds is 23. The smallest absolute Gasteiger partial charge is 0.236 e. The predicted octanol–water partition coefficient (Wildman–Crippen LogP) is 8.18. The Morgan fingerprint density at radius 3 is 1.21 bits per heavy atom. The van der Waals surface area contributed by atoms with Crippen LogP contribution in [0.15, 0.2) is 0 Å². The van der Waals surface area contributed by atoms with E-state index in [4.69, 9.17) is 0 Å². The highest BCUT2D eigenvalue weighted by Gasteiger charge is 2.09. The summed E-state index contributed by atoms with van der Waals surface area (Å²) in [7, 11) is 1.84. The van der Waals surface area contributed by atoms with Gasteiger partial charge in [-0.25, -0.2) is 5.43 Å². The molecule has 29 heavy (non-hydrogen) atoms. The second-order valence-corrected chi connectivity index (χ2v) is 8.88. The zero-order chi connectivity index (χ0) is 21.4. The lowest BCUT2D eigenvalue weighted by atomic mass is 10.0. The molecule has 0 fully saturated rings. The van der Waals surface area contributed by atoms with Gasteiger partial charge in [0.1, 0.15) is 0 Å². The first kappa shape index (κ1) is 28.4. The largest absolute Gasteiger partial charge is 0.278 e. The summed E-state index contributed by atoms with van der Waals surface area (Å²) < 4.78 is 0. The Labute approximate surface area is 183 Å². The molecular formula is C26H54N2O. The third-order valence-electron chi connectivity index (χ3n) is 6.01. The van der Waals surface area contributed by atoms with Crippen molar-refractivity contribution in [2.24, 2.45) is 0 Å². The van der Waals surface area contributed by atoms with Crippen LogP contribution in [0.4, 0.5) is 0 Å². The SMILES string of the molecule is CCCCCCCCCCCCCCCCCCCCCC(=O)N(CCC)NC. The van der Waals surface area contributed by atoms with Gasteiger partial charge in [0.05, 0.1) is 0 Å². The number of hydrazine groups is 1. The summed E-state index contributed by atoms with van der Waals surface area (Å²) in [6, 6.07) is 0. The number of nitrogens with zero attached hydrogens (tertiary/aromatic N) is 1. The van der Waals surface area contributed by atoms with Crippen molar-refractivity contribution in [2.75, 3.05) is 13.6 Å². The fourth-order valence-corrected chi connectivity index (χ4v) is 4.07. The van der Waals surface area contributed by atoms with Crippen LogP contribution < -0.4 is 5.43 Å². The molecule has 0 aromatic rings. The van der Waals surface area contributed by atoms with Gasteiger partial charge in [-0.15, -0.1) is 0 Å². The maximum absolute atomic E-state index is 12.0. The number of carbonyl (C=O) groups excluding carboxylic acids is 1. The van der Waals surface area contributed by atoms with E-state index in [2.05, 4.69) is 19.3 Å². The minimum absolute atomic E-state index is 0.251. The average Bonchev–Trinajstić information content (AvgIpc) is 2.73. The Balaban J connectivity index is 3.18. The Morgan fingerprint density at radius 1 is 0.552 bits per heavy atom. The van der Waals surface area contributed by atoms with Crippen LogP contribution in [-0.2, 0) is 4.79 Å². The molecule has 0 spiro atoms. The highest BCUT2D eigenvalue weighted by molar-refractivity contribution is 5.75. The van der Waals surface area contributed by atoms with Gasteiger partial charge in [0, 0.05) is 20.0 Å². The summed E-state index contributed by atoms with van der Waals surface area (Å²) in [6.07, 6.45) is 28.1. The van der Waals surface area contributed by atoms with Crippen LogP contribution in [0, 0.1) is 0 Å². The molecule has 3 heteroatoms. The van der Waals surface area contributed by atoms with Gasteiger partial charge >= 0.3 is 0 Å². The number of amides is 1. The van der Waals surface area contributed by atoms with E-state index < -0.39 is 0 Å². The number of hydrogen-bond donors (Lipinski definition) is 1. The molecule has 0 aliphatic carbocycles. The van der Waals surface area contributed by atoms with Gasteiger partial charge in [0.15, 0.2) is 0 Å². The first-order valence-corrected chi connectivity index (χ1v) is 13.2. The maximum atomic E-state index is 12.0. The number of hydrogen-bond acceptors (Lipinski definition) is 2. The zero-order valence-corrected chi connectivity index (χ0v) is 20.4. The van der Waals surface area contributed by atoms with Gasteiger partial charge in [0.2, 0.25) is 5.91 Å². The van der Waals surface area contributed by atoms with Crippen molar-refractivity contribution in [3.63, 3.8) is 0 Å². The summed E-state index contributed by atoms with van der Waals surface area (Å²) in [5.74, 6) is 0.251. The highest BCUT2D eigenvalue weighted by Crippen LogP contribution is 2.15. The third-order valence-corrected chi connectivity index (χ3v) is 6.01. The molecule has 0 aliphatic heterocycles. The van der Waals surface area contributed by atoms with Crippen LogP contribution >= 0.6 is 0 Å². The standard InChI is InChI=1S/C26H54N2O/c1-4-6-7-8-9-10-11-12-13-14-15-16-17-18-19-20-21-22-23-24-26(29)28(27-3)25-5-2/h27H,4-25H2,1-3H3. The first-order valence-electron chi connectivity index (χ1n) is 13.2. The molecule has 0 aliphatic rings. The van der Waals surface area contributed by atoms with E-state index in [1.807, 2.05) is 7.05 Å². The van der Waals surface area contributed by atoms with Crippen LogP contribution in [0.2, 0.25) is 0 Å². The van der Waals surface area contributed by atoms with Crippen LogP contribution in [-0.4, -0.2) is 24.5 Å². The maximum Gasteiger partial charge on any atom is 0.236 e. The van der Waals surface area contributed by atoms with E-state index >= 15 is 0 Å². The van der Waals surface area contributed by atoms with Crippen molar-refractivity contribution in [3.8, 4) is 0 Å². The topological polar surface area (TPSA) is 32.3 Å². The molecule has 3 nitrogen and oxygen atoms in total. The molecule has 0 bridgehead atoms. The van der Waals surface area contributed by atoms with Gasteiger partial charge in [0.25, 0.3) is 0 Å². The fourth-order valence-electron chi connectivity index (χ4n) is 4.07. The molecule has 0 aromatic carbocycles. The Morgan fingerprint density at radius 2 is 0.897 bits per heavy atom. The van der Waals surface area contributed by atoms with E-state index in [9.17, 15) is 4.79 Å². The Bertz CT molecular complexity index is 333. The summed E-state index contributed by atoms with van der Waals surface area (Å²) >= 11 is 0. The Kier molecular flexibility index (Phi) is 23.2. The molecule has 0 saturated carbocycles. The lowest BCUT2D eigenvalue weighted by Crippen LogP contribution is -2.40. The van der Waals surface area contributed by atoms with Crippen molar-refractivity contribution in [1.29, 1.82) is 0 Å². The predicted molar refractivity (Wildman–Crippen MR) is 129 cm³/mol. The van der Waals surface area contributed by atoms with E-state index in [1.165, 1.54) is 116 Å². The average molecular weight is 411 g/mol. The summed E-state index contributed by atoms with van der Waals surface area (Å²) in [4.78, 5) is 12.0. The van der Waals surface area contributed by atoms with Crippen LogP contribution in [0.1, 0.15) is 149 Å². The molecule has 0 heterocycles. The molecule has 0 atom stereocenters. The normalized spacial score (nSPS) is 11.1. The molecule has 0 rings (SSSR count). The lowest BCUT2D eigenvalue weighted by molar-refractivity contribution is -0.134. The fraction of sp³-hybridized carbons (Fsp3) is 0.962. The van der Waals surface area contributed by atoms with E-state index in [1.54, 1.807) is 5.01 Å². The third kappa shape index (κ3) is 20.5. The summed E-state index contributed by atoms with van der Waals surface area (Å²) in [6.45, 7) is 5.21. The zero-order valence-electron chi connectivity index (χ0n) is 20.4. The minimum Gasteiger partial charge on any atom is -0.278 e. The Hall–Kier alpha value is -0.570. The second-order valence-electron chi connectivity index (χ2n) is 8.88. The van der Waals surface area contributed by atoms with E-state index in [0.717, 1.165) is 19.4 Å². The number of nitrogens with one attached hydrogen (secondary N) is 1. The van der Waals surface area contributed by atoms with Gasteiger partial charge in [-0.05, 0) is 12.8 Å². The highest BCUT2D eigenvalue weighted by atomic mass is 16.2. The molecule has 174 valence electrons. The van der Waals surface area contributed by atoms with Crippen molar-refractivity contribution in [3.05, 3.63) is 0 Å². The van der Waals surface area contributed by atoms with Crippen LogP contribution in [0.5, 0.6) is 0 Å². The van der Waals surface area contributed by atoms with Crippen LogP contribution in [0.3, 0.4) is 0 Å². The first-order chi connectivity index (χ1) is 14.3. The molecule has 0 unspecified atom stereocenters. The molecular weight excluding hydrogens is 356 g/mol. The van der Waals surface area contributed by atoms with Gasteiger partial charge in [-0.1, -0.05) is 129 Å². The summed E-state index contributed by atoms with van der Waals surface area (Å²) in [5, 5.41) is 1.76. The van der Waals surface area contributed by atoms with E-state index in [-0.39, 0.29) is 5.91 Å². The quantitative estimate of drug-likeness (QED) is 0.136. The van der Waals surface area contributed by atoms with Gasteiger partial charge < -0.3 is 0 Å². The number of carbonyl (C=O) groups is 1. The van der Waals surface area contributed by atoms with Crippen molar-refractivity contribution < 1.29 is 4.79 Å². The summed E-state index contributed by atoms with van der Waals surface area (Å²) in [5.41, 5.74) is 3.00. The second kappa shape index (κ2) is 23.7. The molecule has 1 N–H and O–H groups in total. The minimum atomic E-state index is 0.251. The van der Waals surface area contributed by atoms with Crippen molar-refractivity contribution >= 4 is 5.91 Å². The van der Waals surface area contributed by atoms with Gasteiger partial charge in [-0.3, -0.25) is 9.80 Å². The monoisotopic (exact) mass is 410 g/mol. The van der Waals surface area contributed by atoms with Crippen molar-refractivity contribution in [2.45, 2.75) is 149 Å². The molecule has 1 amide bonds. The molecule has 0 radical (unpaired) electrons. The molecule has 0 aromatic heterocycles. The number of unbranched alkanes of at least 4 members (excludes halogenated alkanes) is 18. The van der Waals surface area contributed by atoms with Crippen molar-refractivity contribution in [1.82, 2.24) is 10.4 Å². The van der Waals surface area contributed by atoms with Crippen LogP contribution in [0.25, 0.3) is 0 Å². The lowest BCUT2D eigenvalue weighted by Gasteiger charge is -2.20. The van der Waals surface area contributed by atoms with E-state index in [0.29, 0.717) is 6.42 Å². The van der Waals surface area contributed by atoms with Gasteiger partial charge in [-0.2, -0.15) is 0 Å². The molecule has 0 saturated heterocycles.